The van der Waals surface area contributed by atoms with Crippen LogP contribution in [0.3, 0.4) is 0 Å². The maximum atomic E-state index is 6.23. The lowest BCUT2D eigenvalue weighted by molar-refractivity contribution is -0.332. The molecule has 0 aromatic heterocycles. The van der Waals surface area contributed by atoms with E-state index in [-0.39, 0.29) is 24.6 Å². The molecule has 1 unspecified atom stereocenters. The van der Waals surface area contributed by atoms with Gasteiger partial charge in [0.05, 0.1) is 6.61 Å². The van der Waals surface area contributed by atoms with Crippen LogP contribution in [-0.2, 0) is 23.7 Å². The number of rotatable bonds is 4. The largest absolute Gasteiger partial charge is 0.476 e. The first-order valence-electron chi connectivity index (χ1n) is 9.01. The van der Waals surface area contributed by atoms with E-state index >= 15 is 0 Å². The van der Waals surface area contributed by atoms with Crippen molar-refractivity contribution in [3.8, 4) is 0 Å². The second-order valence-electron chi connectivity index (χ2n) is 6.56. The SMILES string of the molecule is CO[C@@H]1C[C@@H](OC(=S)c2ccccc2)[C@@H]2OC(c3ccccc3)OC[C@H]2O1. The predicted molar refractivity (Wildman–Crippen MR) is 103 cm³/mol. The number of hydrogen-bond acceptors (Lipinski definition) is 6. The van der Waals surface area contributed by atoms with Crippen molar-refractivity contribution in [3.05, 3.63) is 71.8 Å². The van der Waals surface area contributed by atoms with E-state index in [1.807, 2.05) is 60.7 Å². The Bertz CT molecular complexity index is 754. The van der Waals surface area contributed by atoms with Crippen LogP contribution in [0.15, 0.2) is 60.7 Å². The lowest BCUT2D eigenvalue weighted by Crippen LogP contribution is -2.56. The lowest BCUT2D eigenvalue weighted by atomic mass is 9.99. The summed E-state index contributed by atoms with van der Waals surface area (Å²) in [5.74, 6) is 0. The molecule has 2 aromatic rings. The van der Waals surface area contributed by atoms with Crippen LogP contribution < -0.4 is 0 Å². The quantitative estimate of drug-likeness (QED) is 0.748. The van der Waals surface area contributed by atoms with Gasteiger partial charge in [0.25, 0.3) is 0 Å². The van der Waals surface area contributed by atoms with E-state index in [9.17, 15) is 0 Å². The maximum Gasteiger partial charge on any atom is 0.191 e. The van der Waals surface area contributed by atoms with Crippen LogP contribution in [-0.4, -0.2) is 43.4 Å². The van der Waals surface area contributed by atoms with Gasteiger partial charge in [-0.3, -0.25) is 0 Å². The Morgan fingerprint density at radius 3 is 2.41 bits per heavy atom. The first-order chi connectivity index (χ1) is 13.2. The topological polar surface area (TPSA) is 46.2 Å². The average Bonchev–Trinajstić information content (AvgIpc) is 2.74. The minimum Gasteiger partial charge on any atom is -0.476 e. The van der Waals surface area contributed by atoms with Crippen LogP contribution in [0.25, 0.3) is 0 Å². The number of thiocarbonyl (C=S) groups is 1. The van der Waals surface area contributed by atoms with Gasteiger partial charge in [-0.05, 0) is 12.2 Å². The van der Waals surface area contributed by atoms with Crippen molar-refractivity contribution in [2.24, 2.45) is 0 Å². The van der Waals surface area contributed by atoms with Gasteiger partial charge in [0, 0.05) is 24.7 Å². The lowest BCUT2D eigenvalue weighted by Gasteiger charge is -2.45. The number of benzene rings is 2. The standard InChI is InChI=1S/C21H22O5S/c1-22-18-12-16(25-21(27)15-10-6-3-7-11-15)19-17(24-18)13-23-20(26-19)14-8-4-2-5-9-14/h2-11,16-20H,12-13H2,1H3/t16-,17-,18+,19+,20?/m1/s1. The zero-order valence-electron chi connectivity index (χ0n) is 15.0. The number of hydrogen-bond donors (Lipinski definition) is 0. The van der Waals surface area contributed by atoms with Crippen LogP contribution in [0.5, 0.6) is 0 Å². The fraction of sp³-hybridized carbons (Fsp3) is 0.381. The van der Waals surface area contributed by atoms with Crippen LogP contribution in [0.1, 0.15) is 23.8 Å². The van der Waals surface area contributed by atoms with Crippen molar-refractivity contribution >= 4 is 17.3 Å². The highest BCUT2D eigenvalue weighted by Crippen LogP contribution is 2.35. The summed E-state index contributed by atoms with van der Waals surface area (Å²) in [5, 5.41) is 0.447. The van der Waals surface area contributed by atoms with Crippen molar-refractivity contribution in [1.82, 2.24) is 0 Å². The van der Waals surface area contributed by atoms with Crippen molar-refractivity contribution in [2.75, 3.05) is 13.7 Å². The molecule has 0 aliphatic carbocycles. The Hall–Kier alpha value is -1.83. The van der Waals surface area contributed by atoms with Crippen LogP contribution in [0, 0.1) is 0 Å². The summed E-state index contributed by atoms with van der Waals surface area (Å²) in [6.07, 6.45) is -1.14. The fourth-order valence-electron chi connectivity index (χ4n) is 3.40. The Balaban J connectivity index is 1.51. The van der Waals surface area contributed by atoms with E-state index in [0.717, 1.165) is 11.1 Å². The summed E-state index contributed by atoms with van der Waals surface area (Å²) in [5.41, 5.74) is 1.84. The van der Waals surface area contributed by atoms with Crippen molar-refractivity contribution in [2.45, 2.75) is 37.3 Å². The van der Waals surface area contributed by atoms with Gasteiger partial charge in [0.2, 0.25) is 0 Å². The van der Waals surface area contributed by atoms with Gasteiger partial charge >= 0.3 is 0 Å². The van der Waals surface area contributed by atoms with E-state index in [1.54, 1.807) is 7.11 Å². The normalized spacial score (nSPS) is 30.3. The van der Waals surface area contributed by atoms with Crippen LogP contribution in [0.4, 0.5) is 0 Å². The summed E-state index contributed by atoms with van der Waals surface area (Å²) in [6.45, 7) is 0.405. The van der Waals surface area contributed by atoms with Crippen LogP contribution in [0.2, 0.25) is 0 Å². The smallest absolute Gasteiger partial charge is 0.191 e. The molecule has 2 fully saturated rings. The van der Waals surface area contributed by atoms with Gasteiger partial charge in [-0.25, -0.2) is 0 Å². The molecule has 0 spiro atoms. The van der Waals surface area contributed by atoms with E-state index in [0.29, 0.717) is 18.1 Å². The number of fused-ring (bicyclic) bond motifs is 1. The Morgan fingerprint density at radius 1 is 1.00 bits per heavy atom. The molecule has 0 saturated carbocycles. The number of methoxy groups -OCH3 is 1. The molecule has 4 rings (SSSR count). The minimum absolute atomic E-state index is 0.271. The van der Waals surface area contributed by atoms with Gasteiger partial charge in [0.1, 0.15) is 18.3 Å². The summed E-state index contributed by atoms with van der Waals surface area (Å²) < 4.78 is 29.6. The molecule has 2 aliphatic heterocycles. The second kappa shape index (κ2) is 8.46. The third-order valence-corrected chi connectivity index (χ3v) is 5.11. The molecule has 27 heavy (non-hydrogen) atoms. The van der Waals surface area contributed by atoms with E-state index < -0.39 is 6.29 Å². The second-order valence-corrected chi connectivity index (χ2v) is 6.93. The molecule has 0 N–H and O–H groups in total. The molecule has 0 bridgehead atoms. The first-order valence-corrected chi connectivity index (χ1v) is 9.41. The molecule has 6 heteroatoms. The highest BCUT2D eigenvalue weighted by Gasteiger charge is 2.46. The molecule has 2 saturated heterocycles. The number of ether oxygens (including phenoxy) is 5. The summed E-state index contributed by atoms with van der Waals surface area (Å²) in [6, 6.07) is 19.5. The van der Waals surface area contributed by atoms with Gasteiger partial charge in [-0.1, -0.05) is 60.7 Å². The summed E-state index contributed by atoms with van der Waals surface area (Å²) in [7, 11) is 1.62. The monoisotopic (exact) mass is 386 g/mol. The first kappa shape index (κ1) is 18.5. The average molecular weight is 386 g/mol. The highest BCUT2D eigenvalue weighted by molar-refractivity contribution is 7.80. The van der Waals surface area contributed by atoms with E-state index in [2.05, 4.69) is 0 Å². The molecule has 5 nitrogen and oxygen atoms in total. The Kier molecular flexibility index (Phi) is 5.80. The maximum absolute atomic E-state index is 6.23. The molecule has 2 aliphatic rings. The third kappa shape index (κ3) is 4.20. The van der Waals surface area contributed by atoms with Gasteiger partial charge in [-0.15, -0.1) is 0 Å². The molecular weight excluding hydrogens is 364 g/mol. The molecule has 142 valence electrons. The molecule has 5 atom stereocenters. The third-order valence-electron chi connectivity index (χ3n) is 4.78. The molecular formula is C21H22O5S. The summed E-state index contributed by atoms with van der Waals surface area (Å²) in [4.78, 5) is 0. The minimum atomic E-state index is -0.452. The zero-order chi connectivity index (χ0) is 18.6. The molecule has 0 amide bonds. The Labute approximate surface area is 164 Å². The van der Waals surface area contributed by atoms with Crippen molar-refractivity contribution < 1.29 is 23.7 Å². The van der Waals surface area contributed by atoms with Gasteiger partial charge in [-0.2, -0.15) is 0 Å². The van der Waals surface area contributed by atoms with Crippen molar-refractivity contribution in [3.63, 3.8) is 0 Å². The van der Waals surface area contributed by atoms with Gasteiger partial charge < -0.3 is 23.7 Å². The molecule has 0 radical (unpaired) electrons. The van der Waals surface area contributed by atoms with Crippen LogP contribution >= 0.6 is 12.2 Å². The summed E-state index contributed by atoms with van der Waals surface area (Å²) >= 11 is 5.50. The van der Waals surface area contributed by atoms with Gasteiger partial charge in [0.15, 0.2) is 17.6 Å². The zero-order valence-corrected chi connectivity index (χ0v) is 15.8. The molecule has 2 heterocycles. The van der Waals surface area contributed by atoms with E-state index in [4.69, 9.17) is 35.9 Å². The highest BCUT2D eigenvalue weighted by atomic mass is 32.1. The molecule has 2 aromatic carbocycles. The van der Waals surface area contributed by atoms with Crippen molar-refractivity contribution in [1.29, 1.82) is 0 Å². The fourth-order valence-corrected chi connectivity index (χ4v) is 3.66. The predicted octanol–water partition coefficient (Wildman–Crippen LogP) is 3.62. The Morgan fingerprint density at radius 2 is 1.70 bits per heavy atom. The van der Waals surface area contributed by atoms with E-state index in [1.165, 1.54) is 0 Å².